The summed E-state index contributed by atoms with van der Waals surface area (Å²) in [5.41, 5.74) is 2.09. The highest BCUT2D eigenvalue weighted by atomic mass is 79.9. The quantitative estimate of drug-likeness (QED) is 0.931. The molecule has 2 unspecified atom stereocenters. The van der Waals surface area contributed by atoms with Gasteiger partial charge in [0.15, 0.2) is 0 Å². The van der Waals surface area contributed by atoms with E-state index in [0.29, 0.717) is 5.92 Å². The summed E-state index contributed by atoms with van der Waals surface area (Å²) in [7, 11) is 1.78. The van der Waals surface area contributed by atoms with Gasteiger partial charge in [-0.2, -0.15) is 0 Å². The first-order chi connectivity index (χ1) is 8.65. The van der Waals surface area contributed by atoms with Crippen LogP contribution in [0.2, 0.25) is 0 Å². The van der Waals surface area contributed by atoms with Crippen LogP contribution in [-0.2, 0) is 11.3 Å². The van der Waals surface area contributed by atoms with E-state index in [1.54, 1.807) is 7.11 Å². The minimum atomic E-state index is 0.0757. The Balaban J connectivity index is 2.23. The lowest BCUT2D eigenvalue weighted by atomic mass is 9.95. The van der Waals surface area contributed by atoms with Crippen LogP contribution < -0.4 is 4.90 Å². The highest BCUT2D eigenvalue weighted by molar-refractivity contribution is 9.10. The third-order valence-electron chi connectivity index (χ3n) is 3.75. The maximum atomic E-state index is 9.44. The summed E-state index contributed by atoms with van der Waals surface area (Å²) in [6.45, 7) is 4.22. The molecule has 4 heteroatoms. The normalized spacial score (nSPS) is 24.3. The number of aliphatic hydroxyl groups is 1. The van der Waals surface area contributed by atoms with Crippen molar-refractivity contribution in [2.45, 2.75) is 26.1 Å². The van der Waals surface area contributed by atoms with E-state index in [1.807, 2.05) is 12.1 Å². The van der Waals surface area contributed by atoms with E-state index in [9.17, 15) is 5.11 Å². The summed E-state index contributed by atoms with van der Waals surface area (Å²) in [6.07, 6.45) is 1.39. The van der Waals surface area contributed by atoms with Gasteiger partial charge in [0, 0.05) is 35.9 Å². The second kappa shape index (κ2) is 6.04. The summed E-state index contributed by atoms with van der Waals surface area (Å²) >= 11 is 3.50. The van der Waals surface area contributed by atoms with E-state index in [0.717, 1.165) is 35.2 Å². The highest BCUT2D eigenvalue weighted by Crippen LogP contribution is 2.30. The summed E-state index contributed by atoms with van der Waals surface area (Å²) in [5.74, 6) is 0.593. The predicted octanol–water partition coefficient (Wildman–Crippen LogP) is 2.80. The standard InChI is InChI=1S/C14H20BrNO2/c1-10-5-6-16(8-14(10)18-2)13-7-12(15)4-3-11(13)9-17/h3-4,7,10,14,17H,5-6,8-9H2,1-2H3. The second-order valence-corrected chi connectivity index (χ2v) is 5.83. The van der Waals surface area contributed by atoms with Crippen LogP contribution in [0.25, 0.3) is 0 Å². The fourth-order valence-corrected chi connectivity index (χ4v) is 2.87. The average molecular weight is 314 g/mol. The van der Waals surface area contributed by atoms with Gasteiger partial charge >= 0.3 is 0 Å². The van der Waals surface area contributed by atoms with Crippen molar-refractivity contribution in [2.24, 2.45) is 5.92 Å². The van der Waals surface area contributed by atoms with Crippen molar-refractivity contribution in [3.05, 3.63) is 28.2 Å². The Kier molecular flexibility index (Phi) is 4.65. The Morgan fingerprint density at radius 2 is 2.28 bits per heavy atom. The van der Waals surface area contributed by atoms with Gasteiger partial charge in [-0.1, -0.05) is 28.9 Å². The predicted molar refractivity (Wildman–Crippen MR) is 76.9 cm³/mol. The highest BCUT2D eigenvalue weighted by Gasteiger charge is 2.27. The molecule has 0 aromatic heterocycles. The zero-order valence-electron chi connectivity index (χ0n) is 10.9. The Hall–Kier alpha value is -0.580. The largest absolute Gasteiger partial charge is 0.392 e. The van der Waals surface area contributed by atoms with Crippen LogP contribution in [0.3, 0.4) is 0 Å². The maximum Gasteiger partial charge on any atom is 0.0772 e. The number of aliphatic hydroxyl groups excluding tert-OH is 1. The van der Waals surface area contributed by atoms with E-state index >= 15 is 0 Å². The van der Waals surface area contributed by atoms with Crippen molar-refractivity contribution < 1.29 is 9.84 Å². The average Bonchev–Trinajstić information content (AvgIpc) is 2.39. The number of piperidine rings is 1. The minimum absolute atomic E-state index is 0.0757. The monoisotopic (exact) mass is 313 g/mol. The molecule has 3 nitrogen and oxygen atoms in total. The van der Waals surface area contributed by atoms with Crippen molar-refractivity contribution in [3.8, 4) is 0 Å². The summed E-state index contributed by atoms with van der Waals surface area (Å²) < 4.78 is 6.59. The van der Waals surface area contributed by atoms with E-state index < -0.39 is 0 Å². The van der Waals surface area contributed by atoms with Gasteiger partial charge in [0.05, 0.1) is 12.7 Å². The van der Waals surface area contributed by atoms with Crippen LogP contribution in [0, 0.1) is 5.92 Å². The molecule has 1 heterocycles. The number of hydrogen-bond acceptors (Lipinski definition) is 3. The van der Waals surface area contributed by atoms with Crippen molar-refractivity contribution in [1.29, 1.82) is 0 Å². The fourth-order valence-electron chi connectivity index (χ4n) is 2.52. The first kappa shape index (κ1) is 13.8. The number of ether oxygens (including phenoxy) is 1. The third kappa shape index (κ3) is 2.87. The molecule has 0 radical (unpaired) electrons. The number of benzene rings is 1. The molecule has 0 saturated carbocycles. The molecular formula is C14H20BrNO2. The van der Waals surface area contributed by atoms with Gasteiger partial charge in [-0.05, 0) is 24.5 Å². The van der Waals surface area contributed by atoms with Crippen LogP contribution >= 0.6 is 15.9 Å². The van der Waals surface area contributed by atoms with Gasteiger partial charge in [-0.15, -0.1) is 0 Å². The molecule has 1 saturated heterocycles. The number of methoxy groups -OCH3 is 1. The number of rotatable bonds is 3. The molecule has 18 heavy (non-hydrogen) atoms. The first-order valence-electron chi connectivity index (χ1n) is 6.32. The van der Waals surface area contributed by atoms with Gasteiger partial charge in [0.25, 0.3) is 0 Å². The molecule has 1 aromatic rings. The molecule has 0 spiro atoms. The molecule has 100 valence electrons. The SMILES string of the molecule is COC1CN(c2cc(Br)ccc2CO)CCC1C. The molecule has 1 aromatic carbocycles. The van der Waals surface area contributed by atoms with Gasteiger partial charge in [0.1, 0.15) is 0 Å². The molecule has 1 fully saturated rings. The second-order valence-electron chi connectivity index (χ2n) is 4.92. The maximum absolute atomic E-state index is 9.44. The zero-order valence-corrected chi connectivity index (χ0v) is 12.5. The molecule has 0 amide bonds. The van der Waals surface area contributed by atoms with Crippen molar-refractivity contribution in [1.82, 2.24) is 0 Å². The van der Waals surface area contributed by atoms with Crippen LogP contribution in [-0.4, -0.2) is 31.4 Å². The topological polar surface area (TPSA) is 32.7 Å². The number of nitrogens with zero attached hydrogens (tertiary/aromatic N) is 1. The summed E-state index contributed by atoms with van der Waals surface area (Å²) in [5, 5.41) is 9.44. The molecule has 1 aliphatic heterocycles. The lowest BCUT2D eigenvalue weighted by Gasteiger charge is -2.38. The number of anilines is 1. The van der Waals surface area contributed by atoms with Crippen molar-refractivity contribution in [3.63, 3.8) is 0 Å². The fraction of sp³-hybridized carbons (Fsp3) is 0.571. The third-order valence-corrected chi connectivity index (χ3v) is 4.24. The Morgan fingerprint density at radius 1 is 1.50 bits per heavy atom. The van der Waals surface area contributed by atoms with Gasteiger partial charge in [0.2, 0.25) is 0 Å². The number of hydrogen-bond donors (Lipinski definition) is 1. The Labute approximate surface area is 117 Å². The Bertz CT molecular complexity index is 411. The minimum Gasteiger partial charge on any atom is -0.392 e. The molecule has 1 aliphatic rings. The van der Waals surface area contributed by atoms with Gasteiger partial charge in [-0.3, -0.25) is 0 Å². The molecule has 0 bridgehead atoms. The molecule has 0 aliphatic carbocycles. The summed E-state index contributed by atoms with van der Waals surface area (Å²) in [6, 6.07) is 6.02. The summed E-state index contributed by atoms with van der Waals surface area (Å²) in [4.78, 5) is 2.31. The van der Waals surface area contributed by atoms with Crippen molar-refractivity contribution in [2.75, 3.05) is 25.1 Å². The first-order valence-corrected chi connectivity index (χ1v) is 7.12. The van der Waals surface area contributed by atoms with Crippen LogP contribution in [0.5, 0.6) is 0 Å². The zero-order chi connectivity index (χ0) is 13.1. The molecule has 2 atom stereocenters. The smallest absolute Gasteiger partial charge is 0.0772 e. The molecule has 1 N–H and O–H groups in total. The van der Waals surface area contributed by atoms with Crippen molar-refractivity contribution >= 4 is 21.6 Å². The molecular weight excluding hydrogens is 294 g/mol. The molecule has 2 rings (SSSR count). The lowest BCUT2D eigenvalue weighted by Crippen LogP contribution is -2.44. The van der Waals surface area contributed by atoms with E-state index in [-0.39, 0.29) is 12.7 Å². The van der Waals surface area contributed by atoms with Crippen LogP contribution in [0.1, 0.15) is 18.9 Å². The van der Waals surface area contributed by atoms with E-state index in [2.05, 4.69) is 33.8 Å². The van der Waals surface area contributed by atoms with E-state index in [4.69, 9.17) is 4.74 Å². The van der Waals surface area contributed by atoms with E-state index in [1.165, 1.54) is 0 Å². The van der Waals surface area contributed by atoms with Crippen LogP contribution in [0.4, 0.5) is 5.69 Å². The lowest BCUT2D eigenvalue weighted by molar-refractivity contribution is 0.0497. The van der Waals surface area contributed by atoms with Gasteiger partial charge < -0.3 is 14.7 Å². The van der Waals surface area contributed by atoms with Gasteiger partial charge in [-0.25, -0.2) is 0 Å². The Morgan fingerprint density at radius 3 is 2.94 bits per heavy atom. The van der Waals surface area contributed by atoms with Crippen LogP contribution in [0.15, 0.2) is 22.7 Å². The number of halogens is 1.